The maximum atomic E-state index is 12.3. The molecule has 0 spiro atoms. The molecule has 7 heteroatoms. The van der Waals surface area contributed by atoms with E-state index in [1.165, 1.54) is 0 Å². The lowest BCUT2D eigenvalue weighted by molar-refractivity contribution is -0.123. The molecule has 0 saturated heterocycles. The van der Waals surface area contributed by atoms with Crippen LogP contribution in [0.4, 0.5) is 0 Å². The Balaban J connectivity index is 1.37. The van der Waals surface area contributed by atoms with Gasteiger partial charge in [0.25, 0.3) is 5.91 Å². The maximum absolute atomic E-state index is 12.3. The van der Waals surface area contributed by atoms with E-state index < -0.39 is 0 Å². The number of amides is 1. The molecule has 2 N–H and O–H groups in total. The van der Waals surface area contributed by atoms with Crippen molar-refractivity contribution in [1.82, 2.24) is 10.3 Å². The van der Waals surface area contributed by atoms with E-state index in [2.05, 4.69) is 17.2 Å². The van der Waals surface area contributed by atoms with Crippen molar-refractivity contribution < 1.29 is 18.7 Å². The first-order chi connectivity index (χ1) is 16.0. The average molecular weight is 449 g/mol. The number of H-pyrrole nitrogens is 1. The number of aromatic amines is 1. The van der Waals surface area contributed by atoms with Crippen molar-refractivity contribution in [3.8, 4) is 11.5 Å². The lowest BCUT2D eigenvalue weighted by Crippen LogP contribution is -2.30. The van der Waals surface area contributed by atoms with Gasteiger partial charge in [0.05, 0.1) is 7.11 Å². The number of rotatable bonds is 9. The number of carbonyl (C=O) groups excluding carboxylic acids is 1. The van der Waals surface area contributed by atoms with Crippen molar-refractivity contribution in [2.75, 3.05) is 20.3 Å². The zero-order valence-electron chi connectivity index (χ0n) is 19.1. The Kier molecular flexibility index (Phi) is 6.68. The number of nitrogens with one attached hydrogen (secondary N) is 2. The molecule has 7 nitrogen and oxygen atoms in total. The van der Waals surface area contributed by atoms with Crippen LogP contribution in [0.3, 0.4) is 0 Å². The van der Waals surface area contributed by atoms with Gasteiger partial charge in [0.15, 0.2) is 6.61 Å². The van der Waals surface area contributed by atoms with E-state index in [1.54, 1.807) is 13.2 Å². The summed E-state index contributed by atoms with van der Waals surface area (Å²) in [5, 5.41) is 4.88. The molecule has 0 saturated carbocycles. The Labute approximate surface area is 191 Å². The molecule has 2 aromatic carbocycles. The minimum atomic E-state index is -0.376. The molecule has 4 aromatic rings. The molecular formula is C26H28N2O5. The highest BCUT2D eigenvalue weighted by molar-refractivity contribution is 5.86. The van der Waals surface area contributed by atoms with Gasteiger partial charge in [0.1, 0.15) is 17.1 Å². The first-order valence-corrected chi connectivity index (χ1v) is 11.1. The van der Waals surface area contributed by atoms with Crippen molar-refractivity contribution >= 4 is 27.8 Å². The Bertz CT molecular complexity index is 1350. The van der Waals surface area contributed by atoms with E-state index in [9.17, 15) is 9.59 Å². The lowest BCUT2D eigenvalue weighted by atomic mass is 10.0. The third kappa shape index (κ3) is 4.87. The van der Waals surface area contributed by atoms with Gasteiger partial charge in [0.2, 0.25) is 0 Å². The molecule has 0 unspecified atom stereocenters. The lowest BCUT2D eigenvalue weighted by Gasteiger charge is -2.12. The average Bonchev–Trinajstić information content (AvgIpc) is 3.21. The fourth-order valence-corrected chi connectivity index (χ4v) is 4.06. The van der Waals surface area contributed by atoms with Crippen LogP contribution in [0.2, 0.25) is 0 Å². The van der Waals surface area contributed by atoms with Gasteiger partial charge in [-0.1, -0.05) is 13.3 Å². The second kappa shape index (κ2) is 9.81. The highest BCUT2D eigenvalue weighted by Gasteiger charge is 2.13. The Morgan fingerprint density at radius 3 is 2.73 bits per heavy atom. The molecule has 0 fully saturated rings. The van der Waals surface area contributed by atoms with Crippen molar-refractivity contribution in [1.29, 1.82) is 0 Å². The van der Waals surface area contributed by atoms with E-state index in [0.29, 0.717) is 29.9 Å². The number of methoxy groups -OCH3 is 1. The van der Waals surface area contributed by atoms with Gasteiger partial charge in [0, 0.05) is 40.7 Å². The fraction of sp³-hybridized carbons (Fsp3) is 0.308. The van der Waals surface area contributed by atoms with Crippen LogP contribution in [0, 0.1) is 6.92 Å². The number of hydrogen-bond acceptors (Lipinski definition) is 5. The molecule has 2 aromatic heterocycles. The van der Waals surface area contributed by atoms with E-state index in [0.717, 1.165) is 46.0 Å². The summed E-state index contributed by atoms with van der Waals surface area (Å²) in [6.45, 7) is 4.27. The smallest absolute Gasteiger partial charge is 0.336 e. The molecule has 0 aliphatic carbocycles. The molecule has 0 aliphatic rings. The zero-order chi connectivity index (χ0) is 23.4. The monoisotopic (exact) mass is 448 g/mol. The number of benzene rings is 2. The third-order valence-corrected chi connectivity index (χ3v) is 5.77. The number of aromatic nitrogens is 1. The van der Waals surface area contributed by atoms with Crippen LogP contribution in [-0.4, -0.2) is 31.2 Å². The van der Waals surface area contributed by atoms with Crippen molar-refractivity contribution in [2.24, 2.45) is 0 Å². The number of carbonyl (C=O) groups is 1. The fourth-order valence-electron chi connectivity index (χ4n) is 4.06. The zero-order valence-corrected chi connectivity index (χ0v) is 19.1. The van der Waals surface area contributed by atoms with Crippen molar-refractivity contribution in [3.05, 3.63) is 69.7 Å². The summed E-state index contributed by atoms with van der Waals surface area (Å²) >= 11 is 0. The summed E-state index contributed by atoms with van der Waals surface area (Å²) in [5.74, 6) is 1.11. The molecule has 0 bridgehead atoms. The molecule has 172 valence electrons. The summed E-state index contributed by atoms with van der Waals surface area (Å²) in [4.78, 5) is 27.5. The minimum absolute atomic E-state index is 0.118. The number of hydrogen-bond donors (Lipinski definition) is 2. The van der Waals surface area contributed by atoms with Crippen molar-refractivity contribution in [3.63, 3.8) is 0 Å². The third-order valence-electron chi connectivity index (χ3n) is 5.77. The van der Waals surface area contributed by atoms with Gasteiger partial charge in [-0.15, -0.1) is 0 Å². The summed E-state index contributed by atoms with van der Waals surface area (Å²) in [7, 11) is 1.64. The second-order valence-corrected chi connectivity index (χ2v) is 8.02. The first-order valence-electron chi connectivity index (χ1n) is 11.1. The maximum Gasteiger partial charge on any atom is 0.336 e. The highest BCUT2D eigenvalue weighted by atomic mass is 16.5. The summed E-state index contributed by atoms with van der Waals surface area (Å²) in [6, 6.07) is 11.1. The van der Waals surface area contributed by atoms with Gasteiger partial charge >= 0.3 is 5.63 Å². The SMILES string of the molecule is CCCc1cc(=O)oc2c(C)c(OCC(=O)NCCc3c[nH]c4ccc(OC)cc34)ccc12. The van der Waals surface area contributed by atoms with Gasteiger partial charge < -0.3 is 24.2 Å². The summed E-state index contributed by atoms with van der Waals surface area (Å²) in [6.07, 6.45) is 4.36. The minimum Gasteiger partial charge on any atom is -0.497 e. The molecule has 0 atom stereocenters. The van der Waals surface area contributed by atoms with E-state index >= 15 is 0 Å². The van der Waals surface area contributed by atoms with Gasteiger partial charge in [-0.3, -0.25) is 4.79 Å². The van der Waals surface area contributed by atoms with Crippen LogP contribution in [-0.2, 0) is 17.6 Å². The summed E-state index contributed by atoms with van der Waals surface area (Å²) < 4.78 is 16.5. The Morgan fingerprint density at radius 1 is 1.09 bits per heavy atom. The van der Waals surface area contributed by atoms with Crippen LogP contribution in [0.1, 0.15) is 30.0 Å². The van der Waals surface area contributed by atoms with E-state index in [4.69, 9.17) is 13.9 Å². The van der Waals surface area contributed by atoms with Crippen LogP contribution in [0.25, 0.3) is 21.9 Å². The molecule has 0 radical (unpaired) electrons. The molecule has 2 heterocycles. The molecule has 1 amide bonds. The van der Waals surface area contributed by atoms with E-state index in [-0.39, 0.29) is 18.1 Å². The van der Waals surface area contributed by atoms with Crippen molar-refractivity contribution in [2.45, 2.75) is 33.1 Å². The first kappa shape index (κ1) is 22.5. The van der Waals surface area contributed by atoms with Gasteiger partial charge in [-0.05, 0) is 61.2 Å². The van der Waals surface area contributed by atoms with Crippen LogP contribution in [0.5, 0.6) is 11.5 Å². The van der Waals surface area contributed by atoms with Crippen LogP contribution >= 0.6 is 0 Å². The quantitative estimate of drug-likeness (QED) is 0.373. The van der Waals surface area contributed by atoms with Gasteiger partial charge in [-0.2, -0.15) is 0 Å². The predicted octanol–water partition coefficient (Wildman–Crippen LogP) is 4.28. The number of aryl methyl sites for hydroxylation is 2. The molecule has 33 heavy (non-hydrogen) atoms. The van der Waals surface area contributed by atoms with E-state index in [1.807, 2.05) is 43.5 Å². The highest BCUT2D eigenvalue weighted by Crippen LogP contribution is 2.29. The number of ether oxygens (including phenoxy) is 2. The Hall–Kier alpha value is -3.74. The normalized spacial score (nSPS) is 11.1. The molecule has 0 aliphatic heterocycles. The standard InChI is InChI=1S/C26H28N2O5/c1-4-5-17-12-25(30)33-26-16(2)23(9-7-20(17)26)32-15-24(29)27-11-10-18-14-28-22-8-6-19(31-3)13-21(18)22/h6-9,12-14,28H,4-5,10-11,15H2,1-3H3,(H,27,29). The number of fused-ring (bicyclic) bond motifs is 2. The largest absolute Gasteiger partial charge is 0.497 e. The van der Waals surface area contributed by atoms with Crippen LogP contribution in [0.15, 0.2) is 51.8 Å². The Morgan fingerprint density at radius 2 is 1.94 bits per heavy atom. The second-order valence-electron chi connectivity index (χ2n) is 8.02. The summed E-state index contributed by atoms with van der Waals surface area (Å²) in [5.41, 5.74) is 3.95. The topological polar surface area (TPSA) is 93.6 Å². The molecule has 4 rings (SSSR count). The molecular weight excluding hydrogens is 420 g/mol. The van der Waals surface area contributed by atoms with Crippen LogP contribution < -0.4 is 20.4 Å². The van der Waals surface area contributed by atoms with Gasteiger partial charge in [-0.25, -0.2) is 4.79 Å². The predicted molar refractivity (Wildman–Crippen MR) is 128 cm³/mol.